The smallest absolute Gasteiger partial charge is 0.335 e. The average Bonchev–Trinajstić information content (AvgIpc) is 2.36. The van der Waals surface area contributed by atoms with Gasteiger partial charge >= 0.3 is 11.5 Å². The first-order chi connectivity index (χ1) is 8.97. The Balaban J connectivity index is 2.36. The summed E-state index contributed by atoms with van der Waals surface area (Å²) in [6.45, 7) is 3.44. The van der Waals surface area contributed by atoms with Crippen molar-refractivity contribution >= 4 is 5.97 Å². The molecule has 0 saturated carbocycles. The molecule has 0 aliphatic carbocycles. The zero-order chi connectivity index (χ0) is 14.0. The van der Waals surface area contributed by atoms with Gasteiger partial charge in [-0.2, -0.15) is 5.10 Å². The van der Waals surface area contributed by atoms with Crippen LogP contribution in [-0.2, 0) is 0 Å². The number of carboxylic acid groups (broad SMARTS) is 1. The van der Waals surface area contributed by atoms with Gasteiger partial charge in [0.15, 0.2) is 5.75 Å². The molecule has 0 amide bonds. The van der Waals surface area contributed by atoms with Crippen molar-refractivity contribution < 1.29 is 14.6 Å². The Morgan fingerprint density at radius 3 is 2.63 bits per heavy atom. The van der Waals surface area contributed by atoms with Crippen LogP contribution in [0.1, 0.15) is 21.6 Å². The third-order valence-corrected chi connectivity index (χ3v) is 2.54. The minimum atomic E-state index is -1.01. The number of hydrogen-bond acceptors (Lipinski definition) is 4. The van der Waals surface area contributed by atoms with Gasteiger partial charge in [-0.3, -0.25) is 4.79 Å². The van der Waals surface area contributed by atoms with E-state index in [9.17, 15) is 9.59 Å². The van der Waals surface area contributed by atoms with Crippen molar-refractivity contribution in [3.05, 3.63) is 51.4 Å². The van der Waals surface area contributed by atoms with Gasteiger partial charge in [0.1, 0.15) is 5.75 Å². The molecule has 98 valence electrons. The first-order valence-corrected chi connectivity index (χ1v) is 5.55. The largest absolute Gasteiger partial charge is 0.478 e. The van der Waals surface area contributed by atoms with Crippen LogP contribution in [0.15, 0.2) is 29.1 Å². The number of aromatic amines is 1. The topological polar surface area (TPSA) is 92.3 Å². The molecule has 0 unspecified atom stereocenters. The summed E-state index contributed by atoms with van der Waals surface area (Å²) < 4.78 is 5.48. The van der Waals surface area contributed by atoms with Gasteiger partial charge in [0.25, 0.3) is 0 Å². The number of aromatic carboxylic acids is 1. The number of ether oxygens (including phenoxy) is 1. The van der Waals surface area contributed by atoms with E-state index in [1.165, 1.54) is 24.3 Å². The van der Waals surface area contributed by atoms with Crippen LogP contribution in [0.25, 0.3) is 0 Å². The van der Waals surface area contributed by atoms with Crippen molar-refractivity contribution in [3.8, 4) is 11.5 Å². The standard InChI is InChI=1S/C13H12N2O4/c1-7-5-9(13(17)18)3-4-10(7)19-11-6-8(2)14-15-12(11)16/h3-6H,1-2H3,(H,15,16)(H,17,18). The molecule has 0 atom stereocenters. The normalized spacial score (nSPS) is 10.2. The molecule has 0 saturated heterocycles. The Hall–Kier alpha value is -2.63. The van der Waals surface area contributed by atoms with E-state index < -0.39 is 11.5 Å². The quantitative estimate of drug-likeness (QED) is 0.878. The molecule has 2 aromatic rings. The number of hydrogen-bond donors (Lipinski definition) is 2. The molecule has 0 bridgehead atoms. The van der Waals surface area contributed by atoms with E-state index in [1.807, 2.05) is 0 Å². The Labute approximate surface area is 108 Å². The van der Waals surface area contributed by atoms with Gasteiger partial charge < -0.3 is 9.84 Å². The maximum atomic E-state index is 11.5. The van der Waals surface area contributed by atoms with E-state index in [4.69, 9.17) is 9.84 Å². The van der Waals surface area contributed by atoms with E-state index in [0.29, 0.717) is 17.0 Å². The van der Waals surface area contributed by atoms with E-state index in [2.05, 4.69) is 10.2 Å². The predicted molar refractivity (Wildman–Crippen MR) is 67.8 cm³/mol. The van der Waals surface area contributed by atoms with Crippen LogP contribution in [0.4, 0.5) is 0 Å². The highest BCUT2D eigenvalue weighted by Crippen LogP contribution is 2.23. The van der Waals surface area contributed by atoms with E-state index >= 15 is 0 Å². The van der Waals surface area contributed by atoms with Gasteiger partial charge in [0, 0.05) is 6.07 Å². The lowest BCUT2D eigenvalue weighted by atomic mass is 10.1. The molecule has 0 aliphatic heterocycles. The monoisotopic (exact) mass is 260 g/mol. The zero-order valence-corrected chi connectivity index (χ0v) is 10.4. The van der Waals surface area contributed by atoms with Crippen molar-refractivity contribution in [2.45, 2.75) is 13.8 Å². The Morgan fingerprint density at radius 2 is 2.00 bits per heavy atom. The zero-order valence-electron chi connectivity index (χ0n) is 10.4. The highest BCUT2D eigenvalue weighted by molar-refractivity contribution is 5.88. The molecule has 0 spiro atoms. The fraction of sp³-hybridized carbons (Fsp3) is 0.154. The van der Waals surface area contributed by atoms with Gasteiger partial charge in [0.05, 0.1) is 11.3 Å². The van der Waals surface area contributed by atoms with Crippen molar-refractivity contribution in [2.24, 2.45) is 0 Å². The third-order valence-electron chi connectivity index (χ3n) is 2.54. The molecule has 0 radical (unpaired) electrons. The lowest BCUT2D eigenvalue weighted by Gasteiger charge is -2.08. The number of rotatable bonds is 3. The molecular formula is C13H12N2O4. The minimum Gasteiger partial charge on any atom is -0.478 e. The summed E-state index contributed by atoms with van der Waals surface area (Å²) >= 11 is 0. The van der Waals surface area contributed by atoms with E-state index in [0.717, 1.165) is 0 Å². The number of carboxylic acids is 1. The van der Waals surface area contributed by atoms with Crippen LogP contribution in [-0.4, -0.2) is 21.3 Å². The summed E-state index contributed by atoms with van der Waals surface area (Å²) in [5, 5.41) is 14.9. The molecule has 1 heterocycles. The van der Waals surface area contributed by atoms with Crippen LogP contribution >= 0.6 is 0 Å². The molecule has 6 nitrogen and oxygen atoms in total. The van der Waals surface area contributed by atoms with E-state index in [-0.39, 0.29) is 11.3 Å². The van der Waals surface area contributed by atoms with Crippen molar-refractivity contribution in [1.82, 2.24) is 10.2 Å². The number of benzene rings is 1. The highest BCUT2D eigenvalue weighted by Gasteiger charge is 2.09. The number of H-pyrrole nitrogens is 1. The second-order valence-corrected chi connectivity index (χ2v) is 4.09. The summed E-state index contributed by atoms with van der Waals surface area (Å²) in [6.07, 6.45) is 0. The summed E-state index contributed by atoms with van der Waals surface area (Å²) in [5.41, 5.74) is 0.986. The number of nitrogens with zero attached hydrogens (tertiary/aromatic N) is 1. The Bertz CT molecular complexity index is 691. The summed E-state index contributed by atoms with van der Waals surface area (Å²) in [4.78, 5) is 22.3. The van der Waals surface area contributed by atoms with Crippen molar-refractivity contribution in [2.75, 3.05) is 0 Å². The van der Waals surface area contributed by atoms with Crippen LogP contribution in [0.2, 0.25) is 0 Å². The van der Waals surface area contributed by atoms with Gasteiger partial charge in [-0.15, -0.1) is 0 Å². The highest BCUT2D eigenvalue weighted by atomic mass is 16.5. The first kappa shape index (κ1) is 12.8. The average molecular weight is 260 g/mol. The van der Waals surface area contributed by atoms with Gasteiger partial charge in [-0.25, -0.2) is 9.89 Å². The maximum absolute atomic E-state index is 11.5. The van der Waals surface area contributed by atoms with Gasteiger partial charge in [-0.1, -0.05) is 0 Å². The van der Waals surface area contributed by atoms with Crippen LogP contribution in [0.3, 0.4) is 0 Å². The number of nitrogens with one attached hydrogen (secondary N) is 1. The Kier molecular flexibility index (Phi) is 3.33. The Morgan fingerprint density at radius 1 is 1.26 bits per heavy atom. The fourth-order valence-electron chi connectivity index (χ4n) is 1.57. The molecule has 6 heteroatoms. The van der Waals surface area contributed by atoms with E-state index in [1.54, 1.807) is 13.8 Å². The predicted octanol–water partition coefficient (Wildman–Crippen LogP) is 1.88. The molecule has 19 heavy (non-hydrogen) atoms. The minimum absolute atomic E-state index is 0.124. The van der Waals surface area contributed by atoms with Crippen LogP contribution in [0, 0.1) is 13.8 Å². The summed E-state index contributed by atoms with van der Waals surface area (Å²) in [7, 11) is 0. The molecule has 0 fully saturated rings. The first-order valence-electron chi connectivity index (χ1n) is 5.55. The second-order valence-electron chi connectivity index (χ2n) is 4.09. The van der Waals surface area contributed by atoms with Gasteiger partial charge in [0.2, 0.25) is 0 Å². The number of carbonyl (C=O) groups is 1. The molecule has 1 aromatic carbocycles. The summed E-state index contributed by atoms with van der Waals surface area (Å²) in [5.74, 6) is -0.452. The molecule has 2 N–H and O–H groups in total. The van der Waals surface area contributed by atoms with Crippen molar-refractivity contribution in [3.63, 3.8) is 0 Å². The lowest BCUT2D eigenvalue weighted by molar-refractivity contribution is 0.0697. The molecule has 1 aromatic heterocycles. The second kappa shape index (κ2) is 4.93. The number of aromatic nitrogens is 2. The van der Waals surface area contributed by atoms with Crippen molar-refractivity contribution in [1.29, 1.82) is 0 Å². The molecular weight excluding hydrogens is 248 g/mol. The fourth-order valence-corrected chi connectivity index (χ4v) is 1.57. The number of aryl methyl sites for hydroxylation is 2. The van der Waals surface area contributed by atoms with Crippen LogP contribution in [0.5, 0.6) is 11.5 Å². The SMILES string of the molecule is Cc1cc(Oc2ccc(C(=O)O)cc2C)c(=O)[nH]n1. The van der Waals surface area contributed by atoms with Crippen LogP contribution < -0.4 is 10.3 Å². The third kappa shape index (κ3) is 2.79. The summed E-state index contributed by atoms with van der Waals surface area (Å²) in [6, 6.07) is 5.95. The maximum Gasteiger partial charge on any atom is 0.335 e. The molecule has 2 rings (SSSR count). The van der Waals surface area contributed by atoms with Gasteiger partial charge in [-0.05, 0) is 37.6 Å². The molecule has 0 aliphatic rings. The lowest BCUT2D eigenvalue weighted by Crippen LogP contribution is -2.11.